The highest BCUT2D eigenvalue weighted by Gasteiger charge is 2.22. The minimum Gasteiger partial charge on any atom is -0.481 e. The van der Waals surface area contributed by atoms with E-state index >= 15 is 0 Å². The standard InChI is InChI=1S/C13H14O3/c1-7-5-4-6-10-11(8(2)13(14)15)9(3)16-12(7)10/h4-6,8H,1-3H3,(H,14,15). The second-order valence-electron chi connectivity index (χ2n) is 4.08. The molecular formula is C13H14O3. The maximum Gasteiger partial charge on any atom is 0.310 e. The number of para-hydroxylation sites is 1. The van der Waals surface area contributed by atoms with Crippen LogP contribution in [0, 0.1) is 13.8 Å². The molecule has 0 aliphatic carbocycles. The van der Waals surface area contributed by atoms with E-state index in [1.807, 2.05) is 32.0 Å². The van der Waals surface area contributed by atoms with E-state index in [2.05, 4.69) is 0 Å². The fourth-order valence-corrected chi connectivity index (χ4v) is 2.06. The molecule has 0 spiro atoms. The number of hydrogen-bond donors (Lipinski definition) is 1. The topological polar surface area (TPSA) is 50.4 Å². The van der Waals surface area contributed by atoms with Gasteiger partial charge in [0.2, 0.25) is 0 Å². The van der Waals surface area contributed by atoms with E-state index in [1.165, 1.54) is 0 Å². The molecule has 1 heterocycles. The SMILES string of the molecule is Cc1oc2c(C)cccc2c1C(C)C(=O)O. The first-order chi connectivity index (χ1) is 7.52. The first kappa shape index (κ1) is 10.7. The molecule has 0 bridgehead atoms. The van der Waals surface area contributed by atoms with Crippen molar-refractivity contribution in [2.75, 3.05) is 0 Å². The van der Waals surface area contributed by atoms with Crippen LogP contribution in [-0.2, 0) is 4.79 Å². The number of carbonyl (C=O) groups is 1. The molecule has 1 aromatic carbocycles. The average Bonchev–Trinajstić information content (AvgIpc) is 2.55. The highest BCUT2D eigenvalue weighted by atomic mass is 16.4. The van der Waals surface area contributed by atoms with Gasteiger partial charge in [0.1, 0.15) is 11.3 Å². The van der Waals surface area contributed by atoms with Crippen molar-refractivity contribution in [2.24, 2.45) is 0 Å². The summed E-state index contributed by atoms with van der Waals surface area (Å²) in [6.07, 6.45) is 0. The first-order valence-electron chi connectivity index (χ1n) is 5.23. The predicted octanol–water partition coefficient (Wildman–Crippen LogP) is 3.24. The van der Waals surface area contributed by atoms with Crippen molar-refractivity contribution < 1.29 is 14.3 Å². The molecule has 16 heavy (non-hydrogen) atoms. The first-order valence-corrected chi connectivity index (χ1v) is 5.23. The fourth-order valence-electron chi connectivity index (χ4n) is 2.06. The van der Waals surface area contributed by atoms with E-state index in [4.69, 9.17) is 9.52 Å². The number of aliphatic carboxylic acids is 1. The molecule has 0 saturated carbocycles. The van der Waals surface area contributed by atoms with Crippen LogP contribution in [0.5, 0.6) is 0 Å². The normalized spacial score (nSPS) is 12.9. The Morgan fingerprint density at radius 1 is 1.38 bits per heavy atom. The lowest BCUT2D eigenvalue weighted by atomic mass is 9.97. The van der Waals surface area contributed by atoms with Crippen molar-refractivity contribution in [1.82, 2.24) is 0 Å². The van der Waals surface area contributed by atoms with Crippen molar-refractivity contribution in [3.05, 3.63) is 35.1 Å². The van der Waals surface area contributed by atoms with Gasteiger partial charge in [-0.25, -0.2) is 0 Å². The number of fused-ring (bicyclic) bond motifs is 1. The maximum absolute atomic E-state index is 11.0. The Hall–Kier alpha value is -1.77. The molecule has 3 nitrogen and oxygen atoms in total. The number of carboxylic acids is 1. The summed E-state index contributed by atoms with van der Waals surface area (Å²) in [6.45, 7) is 5.46. The lowest BCUT2D eigenvalue weighted by molar-refractivity contribution is -0.138. The monoisotopic (exact) mass is 218 g/mol. The van der Waals surface area contributed by atoms with Gasteiger partial charge in [-0.3, -0.25) is 4.79 Å². The number of furan rings is 1. The number of aryl methyl sites for hydroxylation is 2. The molecule has 1 aromatic heterocycles. The molecule has 0 aliphatic heterocycles. The van der Waals surface area contributed by atoms with E-state index in [0.29, 0.717) is 5.76 Å². The van der Waals surface area contributed by atoms with E-state index in [-0.39, 0.29) is 0 Å². The van der Waals surface area contributed by atoms with Gasteiger partial charge in [-0.2, -0.15) is 0 Å². The Labute approximate surface area is 93.7 Å². The smallest absolute Gasteiger partial charge is 0.310 e. The highest BCUT2D eigenvalue weighted by Crippen LogP contribution is 2.33. The molecule has 1 atom stereocenters. The summed E-state index contributed by atoms with van der Waals surface area (Å²) in [6, 6.07) is 5.79. The van der Waals surface area contributed by atoms with Gasteiger partial charge < -0.3 is 9.52 Å². The van der Waals surface area contributed by atoms with Gasteiger partial charge in [-0.1, -0.05) is 18.2 Å². The summed E-state index contributed by atoms with van der Waals surface area (Å²) in [5.41, 5.74) is 2.61. The van der Waals surface area contributed by atoms with E-state index < -0.39 is 11.9 Å². The minimum absolute atomic E-state index is 0.539. The summed E-state index contributed by atoms with van der Waals surface area (Å²) in [5, 5.41) is 9.97. The Morgan fingerprint density at radius 2 is 2.06 bits per heavy atom. The molecular weight excluding hydrogens is 204 g/mol. The minimum atomic E-state index is -0.827. The Kier molecular flexibility index (Phi) is 2.46. The predicted molar refractivity (Wildman–Crippen MR) is 61.7 cm³/mol. The van der Waals surface area contributed by atoms with Gasteiger partial charge in [0.25, 0.3) is 0 Å². The number of rotatable bonds is 2. The van der Waals surface area contributed by atoms with Crippen LogP contribution in [-0.4, -0.2) is 11.1 Å². The summed E-state index contributed by atoms with van der Waals surface area (Å²) >= 11 is 0. The summed E-state index contributed by atoms with van der Waals surface area (Å²) in [7, 11) is 0. The highest BCUT2D eigenvalue weighted by molar-refractivity contribution is 5.90. The molecule has 0 amide bonds. The third-order valence-corrected chi connectivity index (χ3v) is 2.94. The Bertz CT molecular complexity index is 552. The Morgan fingerprint density at radius 3 is 2.69 bits per heavy atom. The third-order valence-electron chi connectivity index (χ3n) is 2.94. The van der Waals surface area contributed by atoms with Crippen molar-refractivity contribution >= 4 is 16.9 Å². The van der Waals surface area contributed by atoms with Crippen LogP contribution in [0.4, 0.5) is 0 Å². The van der Waals surface area contributed by atoms with E-state index in [9.17, 15) is 4.79 Å². The van der Waals surface area contributed by atoms with Crippen LogP contribution in [0.25, 0.3) is 11.0 Å². The molecule has 84 valence electrons. The molecule has 0 radical (unpaired) electrons. The molecule has 2 aromatic rings. The van der Waals surface area contributed by atoms with Gasteiger partial charge in [-0.05, 0) is 26.3 Å². The van der Waals surface area contributed by atoms with Gasteiger partial charge in [0.05, 0.1) is 5.92 Å². The van der Waals surface area contributed by atoms with Crippen LogP contribution in [0.3, 0.4) is 0 Å². The molecule has 3 heteroatoms. The van der Waals surface area contributed by atoms with Crippen molar-refractivity contribution in [3.63, 3.8) is 0 Å². The van der Waals surface area contributed by atoms with Crippen LogP contribution in [0.15, 0.2) is 22.6 Å². The van der Waals surface area contributed by atoms with Crippen molar-refractivity contribution in [1.29, 1.82) is 0 Å². The van der Waals surface area contributed by atoms with Crippen molar-refractivity contribution in [3.8, 4) is 0 Å². The number of benzene rings is 1. The van der Waals surface area contributed by atoms with Gasteiger partial charge in [0.15, 0.2) is 0 Å². The van der Waals surface area contributed by atoms with Crippen LogP contribution < -0.4 is 0 Å². The summed E-state index contributed by atoms with van der Waals surface area (Å²) in [5.74, 6) is -0.672. The molecule has 1 unspecified atom stereocenters. The number of hydrogen-bond acceptors (Lipinski definition) is 2. The zero-order valence-corrected chi connectivity index (χ0v) is 9.57. The van der Waals surface area contributed by atoms with Crippen LogP contribution in [0.2, 0.25) is 0 Å². The molecule has 2 rings (SSSR count). The zero-order chi connectivity index (χ0) is 11.9. The molecule has 0 saturated heterocycles. The van der Waals surface area contributed by atoms with Crippen molar-refractivity contribution in [2.45, 2.75) is 26.7 Å². The maximum atomic E-state index is 11.0. The average molecular weight is 218 g/mol. The van der Waals surface area contributed by atoms with E-state index in [1.54, 1.807) is 6.92 Å². The molecule has 0 aliphatic rings. The van der Waals surface area contributed by atoms with Gasteiger partial charge >= 0.3 is 5.97 Å². The fraction of sp³-hybridized carbons (Fsp3) is 0.308. The van der Waals surface area contributed by atoms with Crippen LogP contribution >= 0.6 is 0 Å². The van der Waals surface area contributed by atoms with E-state index in [0.717, 1.165) is 22.1 Å². The zero-order valence-electron chi connectivity index (χ0n) is 9.57. The lowest BCUT2D eigenvalue weighted by Gasteiger charge is -2.04. The van der Waals surface area contributed by atoms with Gasteiger partial charge in [0, 0.05) is 10.9 Å². The lowest BCUT2D eigenvalue weighted by Crippen LogP contribution is -2.07. The molecule has 1 N–H and O–H groups in total. The summed E-state index contributed by atoms with van der Waals surface area (Å²) in [4.78, 5) is 11.0. The Balaban J connectivity index is 2.74. The largest absolute Gasteiger partial charge is 0.481 e. The summed E-state index contributed by atoms with van der Waals surface area (Å²) < 4.78 is 5.64. The second-order valence-corrected chi connectivity index (χ2v) is 4.08. The van der Waals surface area contributed by atoms with Gasteiger partial charge in [-0.15, -0.1) is 0 Å². The second kappa shape index (κ2) is 3.67. The number of carboxylic acid groups (broad SMARTS) is 1. The third kappa shape index (κ3) is 1.48. The molecule has 0 fully saturated rings. The van der Waals surface area contributed by atoms with Crippen LogP contribution in [0.1, 0.15) is 29.7 Å². The quantitative estimate of drug-likeness (QED) is 0.841.